The molecule has 0 aliphatic heterocycles. The Kier molecular flexibility index (Phi) is 4.74. The quantitative estimate of drug-likeness (QED) is 0.633. The Morgan fingerprint density at radius 1 is 1.45 bits per heavy atom. The van der Waals surface area contributed by atoms with Crippen LogP contribution in [0.4, 0.5) is 0 Å². The molecule has 0 amide bonds. The number of hydrogen-bond acceptors (Lipinski definition) is 4. The Balaban J connectivity index is 1.89. The van der Waals surface area contributed by atoms with Crippen molar-refractivity contribution in [2.75, 3.05) is 6.61 Å². The summed E-state index contributed by atoms with van der Waals surface area (Å²) in [6, 6.07) is 8.17. The van der Waals surface area contributed by atoms with Crippen LogP contribution < -0.4 is 10.5 Å². The molecule has 106 valence electrons. The highest BCUT2D eigenvalue weighted by molar-refractivity contribution is 7.13. The molecule has 0 atom stereocenters. The number of rotatable bonds is 6. The van der Waals surface area contributed by atoms with Gasteiger partial charge in [-0.2, -0.15) is 0 Å². The number of nitrogens with two attached hydrogens (primary N) is 1. The first-order valence-electron chi connectivity index (χ1n) is 6.58. The lowest BCUT2D eigenvalue weighted by Crippen LogP contribution is -2.08. The molecule has 5 heteroatoms. The highest BCUT2D eigenvalue weighted by atomic mass is 32.1. The molecule has 0 saturated carbocycles. The van der Waals surface area contributed by atoms with Crippen LogP contribution in [0.2, 0.25) is 0 Å². The smallest absolute Gasteiger partial charge is 0.134 e. The van der Waals surface area contributed by atoms with Crippen molar-refractivity contribution < 1.29 is 4.74 Å². The molecule has 20 heavy (non-hydrogen) atoms. The monoisotopic (exact) mass is 289 g/mol. The summed E-state index contributed by atoms with van der Waals surface area (Å²) in [7, 11) is 0. The Labute approximate surface area is 123 Å². The normalized spacial score (nSPS) is 10.8. The summed E-state index contributed by atoms with van der Waals surface area (Å²) in [4.78, 5) is 4.94. The minimum atomic E-state index is 0.0688. The molecule has 0 radical (unpaired) electrons. The largest absolute Gasteiger partial charge is 0.493 e. The second kappa shape index (κ2) is 6.52. The Hall–Kier alpha value is -1.88. The lowest BCUT2D eigenvalue weighted by molar-refractivity contribution is 0.321. The standard InChI is InChI=1S/C15H19N3OS/c1-10(2)11-4-3-5-12(8-11)19-7-6-14-18-9-13(20-14)15(16)17/h3-5,8-10H,6-7H2,1-2H3,(H3,16,17). The maximum Gasteiger partial charge on any atom is 0.134 e. The second-order valence-electron chi connectivity index (χ2n) is 4.86. The van der Waals surface area contributed by atoms with Crippen molar-refractivity contribution >= 4 is 17.2 Å². The second-order valence-corrected chi connectivity index (χ2v) is 5.97. The fourth-order valence-corrected chi connectivity index (χ4v) is 2.53. The number of aromatic nitrogens is 1. The van der Waals surface area contributed by atoms with Crippen LogP contribution >= 0.6 is 11.3 Å². The van der Waals surface area contributed by atoms with Crippen LogP contribution in [0.3, 0.4) is 0 Å². The van der Waals surface area contributed by atoms with E-state index in [0.29, 0.717) is 17.4 Å². The highest BCUT2D eigenvalue weighted by Crippen LogP contribution is 2.20. The SMILES string of the molecule is CC(C)c1cccc(OCCc2ncc(C(=N)N)s2)c1. The zero-order chi connectivity index (χ0) is 14.5. The van der Waals surface area contributed by atoms with Gasteiger partial charge in [-0.25, -0.2) is 4.98 Å². The fourth-order valence-electron chi connectivity index (χ4n) is 1.77. The van der Waals surface area contributed by atoms with Crippen LogP contribution in [0.1, 0.15) is 35.2 Å². The van der Waals surface area contributed by atoms with Crippen LogP contribution in [-0.2, 0) is 6.42 Å². The van der Waals surface area contributed by atoms with Gasteiger partial charge in [0.2, 0.25) is 0 Å². The first kappa shape index (κ1) is 14.5. The van der Waals surface area contributed by atoms with Gasteiger partial charge in [0, 0.05) is 12.6 Å². The van der Waals surface area contributed by atoms with Crippen molar-refractivity contribution in [2.45, 2.75) is 26.2 Å². The van der Waals surface area contributed by atoms with E-state index in [1.807, 2.05) is 12.1 Å². The Bertz CT molecular complexity index is 592. The molecule has 0 bridgehead atoms. The minimum absolute atomic E-state index is 0.0688. The molecule has 3 N–H and O–H groups in total. The maximum absolute atomic E-state index is 7.34. The molecule has 0 unspecified atom stereocenters. The van der Waals surface area contributed by atoms with Crippen molar-refractivity contribution in [1.29, 1.82) is 5.41 Å². The number of amidine groups is 1. The number of benzene rings is 1. The van der Waals surface area contributed by atoms with Crippen LogP contribution in [0, 0.1) is 5.41 Å². The topological polar surface area (TPSA) is 72.0 Å². The van der Waals surface area contributed by atoms with Crippen LogP contribution in [-0.4, -0.2) is 17.4 Å². The van der Waals surface area contributed by atoms with Crippen molar-refractivity contribution in [3.8, 4) is 5.75 Å². The molecule has 0 spiro atoms. The third kappa shape index (κ3) is 3.81. The van der Waals surface area contributed by atoms with Gasteiger partial charge in [-0.15, -0.1) is 11.3 Å². The van der Waals surface area contributed by atoms with E-state index in [4.69, 9.17) is 15.9 Å². The van der Waals surface area contributed by atoms with E-state index < -0.39 is 0 Å². The molecule has 0 fully saturated rings. The van der Waals surface area contributed by atoms with Gasteiger partial charge < -0.3 is 10.5 Å². The summed E-state index contributed by atoms with van der Waals surface area (Å²) < 4.78 is 5.75. The summed E-state index contributed by atoms with van der Waals surface area (Å²) in [5, 5.41) is 8.28. The minimum Gasteiger partial charge on any atom is -0.493 e. The average Bonchev–Trinajstić information content (AvgIpc) is 2.88. The summed E-state index contributed by atoms with van der Waals surface area (Å²) in [5.41, 5.74) is 6.69. The molecule has 2 aromatic rings. The van der Waals surface area contributed by atoms with Crippen molar-refractivity contribution in [2.24, 2.45) is 5.73 Å². The van der Waals surface area contributed by atoms with E-state index in [2.05, 4.69) is 31.0 Å². The predicted molar refractivity (Wildman–Crippen MR) is 82.9 cm³/mol. The highest BCUT2D eigenvalue weighted by Gasteiger charge is 2.05. The first-order chi connectivity index (χ1) is 9.56. The van der Waals surface area contributed by atoms with Gasteiger partial charge >= 0.3 is 0 Å². The van der Waals surface area contributed by atoms with E-state index in [0.717, 1.165) is 17.2 Å². The lowest BCUT2D eigenvalue weighted by atomic mass is 10.0. The zero-order valence-electron chi connectivity index (χ0n) is 11.7. The molecule has 4 nitrogen and oxygen atoms in total. The maximum atomic E-state index is 7.34. The van der Waals surface area contributed by atoms with Gasteiger partial charge in [0.25, 0.3) is 0 Å². The van der Waals surface area contributed by atoms with E-state index in [-0.39, 0.29) is 5.84 Å². The van der Waals surface area contributed by atoms with Crippen LogP contribution in [0.5, 0.6) is 5.75 Å². The van der Waals surface area contributed by atoms with E-state index in [1.54, 1.807) is 6.20 Å². The third-order valence-corrected chi connectivity index (χ3v) is 4.02. The first-order valence-corrected chi connectivity index (χ1v) is 7.39. The Morgan fingerprint density at radius 2 is 2.25 bits per heavy atom. The number of nitrogens with one attached hydrogen (secondary N) is 1. The van der Waals surface area contributed by atoms with Gasteiger partial charge in [0.1, 0.15) is 11.6 Å². The molecular weight excluding hydrogens is 270 g/mol. The third-order valence-electron chi connectivity index (χ3n) is 2.93. The summed E-state index contributed by atoms with van der Waals surface area (Å²) in [6.07, 6.45) is 2.37. The number of ether oxygens (including phenoxy) is 1. The van der Waals surface area contributed by atoms with Gasteiger partial charge in [-0.1, -0.05) is 26.0 Å². The van der Waals surface area contributed by atoms with Gasteiger partial charge in [-0.3, -0.25) is 5.41 Å². The number of thiazole rings is 1. The summed E-state index contributed by atoms with van der Waals surface area (Å²) in [5.74, 6) is 1.45. The van der Waals surface area contributed by atoms with Crippen LogP contribution in [0.15, 0.2) is 30.5 Å². The molecule has 0 saturated heterocycles. The van der Waals surface area contributed by atoms with Crippen molar-refractivity contribution in [1.82, 2.24) is 4.98 Å². The molecule has 1 heterocycles. The average molecular weight is 289 g/mol. The zero-order valence-corrected chi connectivity index (χ0v) is 12.5. The Morgan fingerprint density at radius 3 is 2.90 bits per heavy atom. The van der Waals surface area contributed by atoms with Crippen LogP contribution in [0.25, 0.3) is 0 Å². The predicted octanol–water partition coefficient (Wildman–Crippen LogP) is 3.17. The number of nitrogens with zero attached hydrogens (tertiary/aromatic N) is 1. The van der Waals surface area contributed by atoms with Crippen molar-refractivity contribution in [3.63, 3.8) is 0 Å². The van der Waals surface area contributed by atoms with E-state index in [1.165, 1.54) is 16.9 Å². The molecule has 2 rings (SSSR count). The molecule has 1 aromatic carbocycles. The van der Waals surface area contributed by atoms with Gasteiger partial charge in [-0.05, 0) is 23.6 Å². The number of hydrogen-bond donors (Lipinski definition) is 2. The fraction of sp³-hybridized carbons (Fsp3) is 0.333. The van der Waals surface area contributed by atoms with Gasteiger partial charge in [0.05, 0.1) is 16.5 Å². The van der Waals surface area contributed by atoms with E-state index in [9.17, 15) is 0 Å². The lowest BCUT2D eigenvalue weighted by Gasteiger charge is -2.09. The molecule has 1 aromatic heterocycles. The molecule has 0 aliphatic carbocycles. The summed E-state index contributed by atoms with van der Waals surface area (Å²) >= 11 is 1.44. The summed E-state index contributed by atoms with van der Waals surface area (Å²) in [6.45, 7) is 4.91. The molecule has 0 aliphatic rings. The number of nitrogen functional groups attached to an aromatic ring is 1. The van der Waals surface area contributed by atoms with Crippen molar-refractivity contribution in [3.05, 3.63) is 45.9 Å². The van der Waals surface area contributed by atoms with E-state index >= 15 is 0 Å². The molecular formula is C15H19N3OS. The van der Waals surface area contributed by atoms with Gasteiger partial charge in [0.15, 0.2) is 0 Å².